The zero-order valence-corrected chi connectivity index (χ0v) is 11.9. The molecule has 1 N–H and O–H groups in total. The Hall–Kier alpha value is -0.530. The van der Waals surface area contributed by atoms with Crippen molar-refractivity contribution >= 4 is 11.6 Å². The van der Waals surface area contributed by atoms with Gasteiger partial charge in [0, 0.05) is 5.02 Å². The third-order valence-electron chi connectivity index (χ3n) is 4.11. The van der Waals surface area contributed by atoms with Gasteiger partial charge in [-0.2, -0.15) is 0 Å². The summed E-state index contributed by atoms with van der Waals surface area (Å²) in [5, 5.41) is 11.1. The monoisotopic (exact) mass is 266 g/mol. The summed E-state index contributed by atoms with van der Waals surface area (Å²) in [6, 6.07) is 5.91. The van der Waals surface area contributed by atoms with Crippen LogP contribution in [-0.4, -0.2) is 5.11 Å². The van der Waals surface area contributed by atoms with Crippen molar-refractivity contribution in [1.29, 1.82) is 0 Å². The van der Waals surface area contributed by atoms with Crippen LogP contribution in [0.25, 0.3) is 0 Å². The standard InChI is InChI=1S/C16H23ClO/c1-12-8-9-14(11-15(12)17)16(18)10-13-6-4-2-3-5-7-13/h8-9,11,13,16,18H,2-7,10H2,1H3. The molecule has 0 amide bonds. The fourth-order valence-electron chi connectivity index (χ4n) is 2.87. The van der Waals surface area contributed by atoms with Crippen LogP contribution in [0.1, 0.15) is 62.2 Å². The molecule has 1 fully saturated rings. The lowest BCUT2D eigenvalue weighted by Gasteiger charge is -2.19. The minimum atomic E-state index is -0.355. The SMILES string of the molecule is Cc1ccc(C(O)CC2CCCCCC2)cc1Cl. The Morgan fingerprint density at radius 2 is 1.89 bits per heavy atom. The second-order valence-electron chi connectivity index (χ2n) is 5.62. The minimum Gasteiger partial charge on any atom is -0.388 e. The first-order valence-corrected chi connectivity index (χ1v) is 7.48. The maximum absolute atomic E-state index is 10.3. The summed E-state index contributed by atoms with van der Waals surface area (Å²) in [6.45, 7) is 1.99. The van der Waals surface area contributed by atoms with Crippen LogP contribution in [-0.2, 0) is 0 Å². The van der Waals surface area contributed by atoms with E-state index in [1.54, 1.807) is 0 Å². The van der Waals surface area contributed by atoms with Gasteiger partial charge < -0.3 is 5.11 Å². The van der Waals surface area contributed by atoms with Gasteiger partial charge in [0.25, 0.3) is 0 Å². The van der Waals surface area contributed by atoms with E-state index in [2.05, 4.69) is 0 Å². The van der Waals surface area contributed by atoms with E-state index in [0.717, 1.165) is 22.6 Å². The smallest absolute Gasteiger partial charge is 0.0793 e. The van der Waals surface area contributed by atoms with Crippen LogP contribution in [0.5, 0.6) is 0 Å². The Morgan fingerprint density at radius 1 is 1.22 bits per heavy atom. The average Bonchev–Trinajstić information content (AvgIpc) is 2.61. The fraction of sp³-hybridized carbons (Fsp3) is 0.625. The van der Waals surface area contributed by atoms with Crippen molar-refractivity contribution in [2.24, 2.45) is 5.92 Å². The molecule has 18 heavy (non-hydrogen) atoms. The minimum absolute atomic E-state index is 0.355. The number of benzene rings is 1. The van der Waals surface area contributed by atoms with E-state index < -0.39 is 0 Å². The molecule has 1 nitrogen and oxygen atoms in total. The third kappa shape index (κ3) is 3.73. The highest BCUT2D eigenvalue weighted by Gasteiger charge is 2.18. The molecule has 1 unspecified atom stereocenters. The van der Waals surface area contributed by atoms with Gasteiger partial charge in [-0.05, 0) is 36.5 Å². The molecule has 100 valence electrons. The van der Waals surface area contributed by atoms with Crippen molar-refractivity contribution in [3.05, 3.63) is 34.3 Å². The average molecular weight is 267 g/mol. The number of aliphatic hydroxyl groups excluding tert-OH is 1. The van der Waals surface area contributed by atoms with Crippen LogP contribution < -0.4 is 0 Å². The molecule has 1 atom stereocenters. The Bertz CT molecular complexity index is 381. The summed E-state index contributed by atoms with van der Waals surface area (Å²) in [5.74, 6) is 0.683. The van der Waals surface area contributed by atoms with Gasteiger partial charge in [-0.15, -0.1) is 0 Å². The van der Waals surface area contributed by atoms with E-state index in [0.29, 0.717) is 5.92 Å². The summed E-state index contributed by atoms with van der Waals surface area (Å²) in [7, 11) is 0. The van der Waals surface area contributed by atoms with Crippen LogP contribution >= 0.6 is 11.6 Å². The molecule has 0 spiro atoms. The summed E-state index contributed by atoms with van der Waals surface area (Å²) in [4.78, 5) is 0. The zero-order valence-electron chi connectivity index (χ0n) is 11.2. The van der Waals surface area contributed by atoms with Crippen molar-refractivity contribution in [3.63, 3.8) is 0 Å². The van der Waals surface area contributed by atoms with E-state index in [4.69, 9.17) is 11.6 Å². The molecule has 1 aromatic rings. The Kier molecular flexibility index (Phi) is 5.08. The topological polar surface area (TPSA) is 20.2 Å². The van der Waals surface area contributed by atoms with Gasteiger partial charge in [0.2, 0.25) is 0 Å². The number of rotatable bonds is 3. The second kappa shape index (κ2) is 6.58. The first kappa shape index (κ1) is 13.9. The summed E-state index contributed by atoms with van der Waals surface area (Å²) < 4.78 is 0. The molecule has 0 aliphatic heterocycles. The van der Waals surface area contributed by atoms with Gasteiger partial charge in [0.05, 0.1) is 6.10 Å². The van der Waals surface area contributed by atoms with E-state index in [9.17, 15) is 5.11 Å². The molecule has 1 saturated carbocycles. The number of hydrogen-bond donors (Lipinski definition) is 1. The molecule has 0 saturated heterocycles. The summed E-state index contributed by atoms with van der Waals surface area (Å²) >= 11 is 6.12. The van der Waals surface area contributed by atoms with Crippen LogP contribution in [0.2, 0.25) is 5.02 Å². The van der Waals surface area contributed by atoms with Crippen molar-refractivity contribution in [1.82, 2.24) is 0 Å². The molecular formula is C16H23ClO. The molecule has 2 rings (SSSR count). The highest BCUT2D eigenvalue weighted by atomic mass is 35.5. The molecule has 0 aromatic heterocycles. The predicted octanol–water partition coefficient (Wildman–Crippen LogP) is 5.04. The molecule has 1 aromatic carbocycles. The largest absolute Gasteiger partial charge is 0.388 e. The van der Waals surface area contributed by atoms with Crippen molar-refractivity contribution < 1.29 is 5.11 Å². The highest BCUT2D eigenvalue weighted by molar-refractivity contribution is 6.31. The van der Waals surface area contributed by atoms with Gasteiger partial charge in [0.1, 0.15) is 0 Å². The molecule has 1 aliphatic carbocycles. The number of halogens is 1. The van der Waals surface area contributed by atoms with Crippen LogP contribution in [0.15, 0.2) is 18.2 Å². The molecule has 0 radical (unpaired) electrons. The highest BCUT2D eigenvalue weighted by Crippen LogP contribution is 2.32. The van der Waals surface area contributed by atoms with Crippen molar-refractivity contribution in [2.75, 3.05) is 0 Å². The third-order valence-corrected chi connectivity index (χ3v) is 4.52. The Balaban J connectivity index is 1.97. The molecule has 0 bridgehead atoms. The molecule has 0 heterocycles. The Morgan fingerprint density at radius 3 is 2.50 bits per heavy atom. The predicted molar refractivity (Wildman–Crippen MR) is 77.0 cm³/mol. The molecule has 1 aliphatic rings. The maximum atomic E-state index is 10.3. The van der Waals surface area contributed by atoms with Gasteiger partial charge in [-0.3, -0.25) is 0 Å². The summed E-state index contributed by atoms with van der Waals surface area (Å²) in [5.41, 5.74) is 2.04. The van der Waals surface area contributed by atoms with E-state index >= 15 is 0 Å². The van der Waals surface area contributed by atoms with Gasteiger partial charge >= 0.3 is 0 Å². The van der Waals surface area contributed by atoms with Gasteiger partial charge in [-0.25, -0.2) is 0 Å². The Labute approximate surface area is 115 Å². The lowest BCUT2D eigenvalue weighted by Crippen LogP contribution is -2.07. The lowest BCUT2D eigenvalue weighted by molar-refractivity contribution is 0.139. The van der Waals surface area contributed by atoms with Crippen LogP contribution in [0.3, 0.4) is 0 Å². The quantitative estimate of drug-likeness (QED) is 0.760. The number of aryl methyl sites for hydroxylation is 1. The van der Waals surface area contributed by atoms with E-state index in [-0.39, 0.29) is 6.10 Å². The van der Waals surface area contributed by atoms with Crippen molar-refractivity contribution in [3.8, 4) is 0 Å². The van der Waals surface area contributed by atoms with E-state index in [1.165, 1.54) is 38.5 Å². The number of aliphatic hydroxyl groups is 1. The van der Waals surface area contributed by atoms with Crippen LogP contribution in [0.4, 0.5) is 0 Å². The number of hydrogen-bond acceptors (Lipinski definition) is 1. The second-order valence-corrected chi connectivity index (χ2v) is 6.02. The molecule has 2 heteroatoms. The summed E-state index contributed by atoms with van der Waals surface area (Å²) in [6.07, 6.45) is 8.46. The normalized spacial score (nSPS) is 19.5. The van der Waals surface area contributed by atoms with E-state index in [1.807, 2.05) is 25.1 Å². The maximum Gasteiger partial charge on any atom is 0.0793 e. The van der Waals surface area contributed by atoms with Gasteiger partial charge in [0.15, 0.2) is 0 Å². The zero-order chi connectivity index (χ0) is 13.0. The lowest BCUT2D eigenvalue weighted by atomic mass is 9.91. The van der Waals surface area contributed by atoms with Crippen LogP contribution in [0, 0.1) is 12.8 Å². The fourth-order valence-corrected chi connectivity index (χ4v) is 3.06. The van der Waals surface area contributed by atoms with Gasteiger partial charge in [-0.1, -0.05) is 62.3 Å². The molecular weight excluding hydrogens is 244 g/mol. The first-order chi connectivity index (χ1) is 8.66. The first-order valence-electron chi connectivity index (χ1n) is 7.11. The van der Waals surface area contributed by atoms with Crippen molar-refractivity contribution in [2.45, 2.75) is 58.0 Å².